The van der Waals surface area contributed by atoms with E-state index in [4.69, 9.17) is 0 Å². The molecule has 4 rings (SSSR count). The van der Waals surface area contributed by atoms with Gasteiger partial charge in [0, 0.05) is 44.8 Å². The monoisotopic (exact) mass is 368 g/mol. The number of aliphatic imine (C=N–C) groups is 1. The lowest BCUT2D eigenvalue weighted by Gasteiger charge is -2.39. The quantitative estimate of drug-likeness (QED) is 0.804. The largest absolute Gasteiger partial charge is 0.368 e. The van der Waals surface area contributed by atoms with E-state index < -0.39 is 5.54 Å². The van der Waals surface area contributed by atoms with E-state index in [1.807, 2.05) is 17.9 Å². The molecule has 0 unspecified atom stereocenters. The Morgan fingerprint density at radius 2 is 1.70 bits per heavy atom. The Morgan fingerprint density at radius 3 is 2.26 bits per heavy atom. The molecule has 6 heteroatoms. The van der Waals surface area contributed by atoms with Gasteiger partial charge in [-0.2, -0.15) is 0 Å². The van der Waals surface area contributed by atoms with Crippen LogP contribution < -0.4 is 4.90 Å². The molecule has 0 bridgehead atoms. The summed E-state index contributed by atoms with van der Waals surface area (Å²) in [5.74, 6) is 1.19. The fourth-order valence-corrected chi connectivity index (χ4v) is 4.64. The first kappa shape index (κ1) is 18.0. The summed E-state index contributed by atoms with van der Waals surface area (Å²) in [7, 11) is 1.79. The topological polar surface area (TPSA) is 56.2 Å². The molecular formula is C21H28N4O2. The summed E-state index contributed by atoms with van der Waals surface area (Å²) in [5.41, 5.74) is 0.628. The average molecular weight is 368 g/mol. The summed E-state index contributed by atoms with van der Waals surface area (Å²) in [6.45, 7) is 5.18. The predicted octanol–water partition coefficient (Wildman–Crippen LogP) is 2.15. The Morgan fingerprint density at radius 1 is 1.07 bits per heavy atom. The molecule has 0 radical (unpaired) electrons. The molecule has 144 valence electrons. The molecule has 0 aromatic heterocycles. The van der Waals surface area contributed by atoms with Crippen molar-refractivity contribution in [3.63, 3.8) is 0 Å². The lowest BCUT2D eigenvalue weighted by atomic mass is 9.76. The second kappa shape index (κ2) is 6.98. The molecule has 0 N–H and O–H groups in total. The van der Waals surface area contributed by atoms with Crippen LogP contribution in [0.5, 0.6) is 0 Å². The van der Waals surface area contributed by atoms with Crippen LogP contribution >= 0.6 is 0 Å². The van der Waals surface area contributed by atoms with Crippen LogP contribution in [0.25, 0.3) is 0 Å². The fraction of sp³-hybridized carbons (Fsp3) is 0.571. The van der Waals surface area contributed by atoms with Crippen LogP contribution in [0.3, 0.4) is 0 Å². The second-order valence-electron chi connectivity index (χ2n) is 7.98. The molecule has 27 heavy (non-hydrogen) atoms. The number of rotatable bonds is 2. The van der Waals surface area contributed by atoms with Crippen LogP contribution in [0, 0.1) is 5.92 Å². The number of likely N-dealkylation sites (N-methyl/N-ethyl adjacent to an activating group) is 1. The number of carbonyl (C=O) groups excluding carboxylic acids is 2. The van der Waals surface area contributed by atoms with Crippen LogP contribution in [-0.4, -0.2) is 66.2 Å². The van der Waals surface area contributed by atoms with Crippen molar-refractivity contribution in [3.8, 4) is 0 Å². The standard InChI is InChI=1S/C21H28N4O2/c1-16-22-21(20(27)23(16)2)10-8-17(9-11-21)19(26)25-14-12-24(13-15-25)18-6-4-3-5-7-18/h3-7,17H,8-15H2,1-2H3. The SMILES string of the molecule is CC1=NC2(CCC(C(=O)N3CCN(c4ccccc4)CC3)CC2)C(=O)N1C. The number of hydrogen-bond acceptors (Lipinski definition) is 4. The van der Waals surface area contributed by atoms with Gasteiger partial charge in [-0.3, -0.25) is 14.6 Å². The van der Waals surface area contributed by atoms with Crippen molar-refractivity contribution in [2.24, 2.45) is 10.9 Å². The van der Waals surface area contributed by atoms with Gasteiger partial charge in [0.15, 0.2) is 0 Å². The zero-order valence-corrected chi connectivity index (χ0v) is 16.2. The molecule has 3 aliphatic rings. The van der Waals surface area contributed by atoms with Crippen LogP contribution in [0.15, 0.2) is 35.3 Å². The number of para-hydroxylation sites is 1. The lowest BCUT2D eigenvalue weighted by molar-refractivity contribution is -0.139. The van der Waals surface area contributed by atoms with Crippen LogP contribution in [-0.2, 0) is 9.59 Å². The van der Waals surface area contributed by atoms with Crippen molar-refractivity contribution in [3.05, 3.63) is 30.3 Å². The van der Waals surface area contributed by atoms with Gasteiger partial charge in [0.1, 0.15) is 11.4 Å². The van der Waals surface area contributed by atoms with Gasteiger partial charge in [-0.15, -0.1) is 0 Å². The normalized spacial score (nSPS) is 28.7. The van der Waals surface area contributed by atoms with Gasteiger partial charge in [0.25, 0.3) is 5.91 Å². The molecular weight excluding hydrogens is 340 g/mol. The number of piperazine rings is 1. The zero-order chi connectivity index (χ0) is 19.0. The first-order valence-corrected chi connectivity index (χ1v) is 9.93. The number of amidine groups is 1. The molecule has 2 heterocycles. The third kappa shape index (κ3) is 3.22. The van der Waals surface area contributed by atoms with Gasteiger partial charge >= 0.3 is 0 Å². The van der Waals surface area contributed by atoms with Gasteiger partial charge in [0.2, 0.25) is 5.91 Å². The smallest absolute Gasteiger partial charge is 0.255 e. The highest BCUT2D eigenvalue weighted by atomic mass is 16.2. The van der Waals surface area contributed by atoms with Crippen molar-refractivity contribution in [1.29, 1.82) is 0 Å². The molecule has 1 saturated carbocycles. The maximum atomic E-state index is 13.0. The minimum absolute atomic E-state index is 0.0353. The first-order valence-electron chi connectivity index (χ1n) is 9.93. The molecule has 1 spiro atoms. The molecule has 1 aromatic carbocycles. The molecule has 2 amide bonds. The van der Waals surface area contributed by atoms with E-state index in [0.717, 1.165) is 44.9 Å². The summed E-state index contributed by atoms with van der Waals surface area (Å²) in [6, 6.07) is 10.4. The molecule has 0 atom stereocenters. The molecule has 2 fully saturated rings. The van der Waals surface area contributed by atoms with E-state index in [9.17, 15) is 9.59 Å². The van der Waals surface area contributed by atoms with E-state index in [2.05, 4.69) is 34.2 Å². The number of benzene rings is 1. The first-order chi connectivity index (χ1) is 13.0. The third-order valence-electron chi connectivity index (χ3n) is 6.44. The Balaban J connectivity index is 1.32. The molecule has 1 aromatic rings. The van der Waals surface area contributed by atoms with Gasteiger partial charge in [-0.1, -0.05) is 18.2 Å². The number of hydrogen-bond donors (Lipinski definition) is 0. The van der Waals surface area contributed by atoms with Gasteiger partial charge < -0.3 is 14.7 Å². The Kier molecular flexibility index (Phi) is 4.66. The minimum Gasteiger partial charge on any atom is -0.368 e. The summed E-state index contributed by atoms with van der Waals surface area (Å²) in [6.07, 6.45) is 2.89. The predicted molar refractivity (Wildman–Crippen MR) is 106 cm³/mol. The number of carbonyl (C=O) groups is 2. The van der Waals surface area contributed by atoms with Crippen LogP contribution in [0.1, 0.15) is 32.6 Å². The van der Waals surface area contributed by atoms with Gasteiger partial charge in [0.05, 0.1) is 0 Å². The summed E-state index contributed by atoms with van der Waals surface area (Å²) in [4.78, 5) is 36.2. The van der Waals surface area contributed by atoms with E-state index in [0.29, 0.717) is 12.8 Å². The minimum atomic E-state index is -0.596. The summed E-state index contributed by atoms with van der Waals surface area (Å²) < 4.78 is 0. The van der Waals surface area contributed by atoms with Crippen molar-refractivity contribution >= 4 is 23.3 Å². The van der Waals surface area contributed by atoms with E-state index >= 15 is 0 Å². The fourth-order valence-electron chi connectivity index (χ4n) is 4.64. The maximum Gasteiger partial charge on any atom is 0.255 e. The van der Waals surface area contributed by atoms with E-state index in [1.54, 1.807) is 11.9 Å². The summed E-state index contributed by atoms with van der Waals surface area (Å²) >= 11 is 0. The average Bonchev–Trinajstić information content (AvgIpc) is 2.92. The van der Waals surface area contributed by atoms with Crippen LogP contribution in [0.2, 0.25) is 0 Å². The highest BCUT2D eigenvalue weighted by Gasteiger charge is 2.49. The highest BCUT2D eigenvalue weighted by molar-refractivity contribution is 6.07. The van der Waals surface area contributed by atoms with E-state index in [1.165, 1.54) is 5.69 Å². The Hall–Kier alpha value is -2.37. The number of amides is 2. The lowest BCUT2D eigenvalue weighted by Crippen LogP contribution is -2.52. The second-order valence-corrected chi connectivity index (χ2v) is 7.98. The number of nitrogens with zero attached hydrogens (tertiary/aromatic N) is 4. The van der Waals surface area contributed by atoms with Crippen molar-refractivity contribution in [1.82, 2.24) is 9.80 Å². The number of anilines is 1. The molecule has 2 aliphatic heterocycles. The third-order valence-corrected chi connectivity index (χ3v) is 6.44. The molecule has 1 saturated heterocycles. The highest BCUT2D eigenvalue weighted by Crippen LogP contribution is 2.40. The zero-order valence-electron chi connectivity index (χ0n) is 16.2. The molecule has 6 nitrogen and oxygen atoms in total. The van der Waals surface area contributed by atoms with Crippen molar-refractivity contribution in [2.75, 3.05) is 38.1 Å². The van der Waals surface area contributed by atoms with Crippen molar-refractivity contribution < 1.29 is 9.59 Å². The van der Waals surface area contributed by atoms with Gasteiger partial charge in [-0.25, -0.2) is 0 Å². The van der Waals surface area contributed by atoms with Crippen molar-refractivity contribution in [2.45, 2.75) is 38.1 Å². The maximum absolute atomic E-state index is 13.0. The van der Waals surface area contributed by atoms with Crippen LogP contribution in [0.4, 0.5) is 5.69 Å². The molecule has 1 aliphatic carbocycles. The van der Waals surface area contributed by atoms with E-state index in [-0.39, 0.29) is 17.7 Å². The Labute approximate surface area is 160 Å². The van der Waals surface area contributed by atoms with Gasteiger partial charge in [-0.05, 0) is 44.7 Å². The Bertz CT molecular complexity index is 745. The summed E-state index contributed by atoms with van der Waals surface area (Å²) in [5, 5.41) is 0.